The highest BCUT2D eigenvalue weighted by molar-refractivity contribution is 6.05. The molecular formula is C14H23N3O3. The molecule has 0 saturated carbocycles. The smallest absolute Gasteiger partial charge is 0.247 e. The predicted molar refractivity (Wildman–Crippen MR) is 73.8 cm³/mol. The number of nitrogens with one attached hydrogen (secondary N) is 2. The minimum atomic E-state index is -0.428. The fourth-order valence-corrected chi connectivity index (χ4v) is 2.98. The van der Waals surface area contributed by atoms with Crippen LogP contribution in [0.1, 0.15) is 46.0 Å². The summed E-state index contributed by atoms with van der Waals surface area (Å²) in [5.74, 6) is -0.142. The number of likely N-dealkylation sites (tertiary alicyclic amines) is 1. The minimum Gasteiger partial charge on any atom is -0.355 e. The Morgan fingerprint density at radius 2 is 2.00 bits per heavy atom. The number of amides is 3. The number of nitrogens with zero attached hydrogens (tertiary/aromatic N) is 1. The topological polar surface area (TPSA) is 78.5 Å². The molecule has 112 valence electrons. The number of carbonyl (C=O) groups is 3. The number of piperidine rings is 1. The van der Waals surface area contributed by atoms with E-state index in [0.717, 1.165) is 19.3 Å². The molecule has 2 N–H and O–H groups in total. The van der Waals surface area contributed by atoms with Gasteiger partial charge in [-0.15, -0.1) is 0 Å². The van der Waals surface area contributed by atoms with Crippen LogP contribution in [0, 0.1) is 0 Å². The van der Waals surface area contributed by atoms with Crippen molar-refractivity contribution >= 4 is 17.7 Å². The van der Waals surface area contributed by atoms with E-state index in [1.807, 2.05) is 13.8 Å². The monoisotopic (exact) mass is 281 g/mol. The van der Waals surface area contributed by atoms with E-state index in [4.69, 9.17) is 0 Å². The molecule has 20 heavy (non-hydrogen) atoms. The number of carbonyl (C=O) groups excluding carboxylic acids is 3. The van der Waals surface area contributed by atoms with Crippen LogP contribution in [0.3, 0.4) is 0 Å². The molecule has 3 amide bonds. The third kappa shape index (κ3) is 3.00. The molecule has 0 radical (unpaired) electrons. The minimum absolute atomic E-state index is 0.00728. The van der Waals surface area contributed by atoms with E-state index in [1.54, 1.807) is 0 Å². The van der Waals surface area contributed by atoms with Gasteiger partial charge in [-0.2, -0.15) is 0 Å². The normalized spacial score (nSPS) is 27.4. The number of hydrogen-bond acceptors (Lipinski definition) is 4. The highest BCUT2D eigenvalue weighted by Crippen LogP contribution is 2.21. The van der Waals surface area contributed by atoms with Gasteiger partial charge in [-0.25, -0.2) is 0 Å². The lowest BCUT2D eigenvalue weighted by Crippen LogP contribution is -2.52. The first-order valence-corrected chi connectivity index (χ1v) is 7.45. The predicted octanol–water partition coefficient (Wildman–Crippen LogP) is 0.171. The quantitative estimate of drug-likeness (QED) is 0.704. The van der Waals surface area contributed by atoms with Crippen LogP contribution < -0.4 is 10.6 Å². The molecular weight excluding hydrogens is 258 g/mol. The Labute approximate surface area is 119 Å². The van der Waals surface area contributed by atoms with Crippen LogP contribution in [0.2, 0.25) is 0 Å². The van der Waals surface area contributed by atoms with Gasteiger partial charge in [0, 0.05) is 25.0 Å². The van der Waals surface area contributed by atoms with Crippen LogP contribution in [0.5, 0.6) is 0 Å². The van der Waals surface area contributed by atoms with E-state index in [9.17, 15) is 14.4 Å². The van der Waals surface area contributed by atoms with Crippen molar-refractivity contribution in [2.45, 2.75) is 64.1 Å². The summed E-state index contributed by atoms with van der Waals surface area (Å²) in [6, 6.07) is -0.341. The molecule has 0 spiro atoms. The van der Waals surface area contributed by atoms with Gasteiger partial charge in [0.2, 0.25) is 17.7 Å². The first-order valence-electron chi connectivity index (χ1n) is 7.45. The summed E-state index contributed by atoms with van der Waals surface area (Å²) in [6.45, 7) is 4.51. The Balaban J connectivity index is 1.95. The summed E-state index contributed by atoms with van der Waals surface area (Å²) < 4.78 is 0. The van der Waals surface area contributed by atoms with Crippen LogP contribution in [-0.4, -0.2) is 47.3 Å². The second kappa shape index (κ2) is 6.35. The lowest BCUT2D eigenvalue weighted by atomic mass is 10.1. The molecule has 2 unspecified atom stereocenters. The molecule has 0 bridgehead atoms. The van der Waals surface area contributed by atoms with Crippen LogP contribution in [-0.2, 0) is 14.4 Å². The zero-order valence-corrected chi connectivity index (χ0v) is 12.1. The van der Waals surface area contributed by atoms with Gasteiger partial charge in [0.25, 0.3) is 0 Å². The van der Waals surface area contributed by atoms with Crippen molar-refractivity contribution in [3.63, 3.8) is 0 Å². The van der Waals surface area contributed by atoms with E-state index >= 15 is 0 Å². The maximum Gasteiger partial charge on any atom is 0.247 e. The third-order valence-corrected chi connectivity index (χ3v) is 4.19. The van der Waals surface area contributed by atoms with Crippen LogP contribution in [0.4, 0.5) is 0 Å². The fourth-order valence-electron chi connectivity index (χ4n) is 2.98. The van der Waals surface area contributed by atoms with Crippen molar-refractivity contribution in [1.82, 2.24) is 15.5 Å². The summed E-state index contributed by atoms with van der Waals surface area (Å²) >= 11 is 0. The molecule has 2 saturated heterocycles. The Hall–Kier alpha value is -1.43. The van der Waals surface area contributed by atoms with Crippen molar-refractivity contribution in [3.05, 3.63) is 0 Å². The summed E-state index contributed by atoms with van der Waals surface area (Å²) in [5.41, 5.74) is 0. The molecule has 2 aliphatic rings. The molecule has 6 nitrogen and oxygen atoms in total. The highest BCUT2D eigenvalue weighted by atomic mass is 16.2. The largest absolute Gasteiger partial charge is 0.355 e. The maximum absolute atomic E-state index is 12.4. The summed E-state index contributed by atoms with van der Waals surface area (Å²) in [4.78, 5) is 37.0. The van der Waals surface area contributed by atoms with Crippen molar-refractivity contribution in [3.8, 4) is 0 Å². The fraction of sp³-hybridized carbons (Fsp3) is 0.786. The van der Waals surface area contributed by atoms with E-state index in [0.29, 0.717) is 13.0 Å². The van der Waals surface area contributed by atoms with Gasteiger partial charge in [0.1, 0.15) is 0 Å². The number of hydrogen-bond donors (Lipinski definition) is 2. The Bertz CT molecular complexity index is 396. The number of imide groups is 1. The van der Waals surface area contributed by atoms with Crippen molar-refractivity contribution in [2.24, 2.45) is 0 Å². The van der Waals surface area contributed by atoms with E-state index in [-0.39, 0.29) is 36.2 Å². The molecule has 2 heterocycles. The third-order valence-electron chi connectivity index (χ3n) is 4.19. The molecule has 0 aliphatic carbocycles. The molecule has 0 aromatic rings. The van der Waals surface area contributed by atoms with Gasteiger partial charge < -0.3 is 10.6 Å². The highest BCUT2D eigenvalue weighted by Gasteiger charge is 2.42. The second-order valence-electron chi connectivity index (χ2n) is 5.54. The van der Waals surface area contributed by atoms with E-state index < -0.39 is 6.04 Å². The average molecular weight is 281 g/mol. The van der Waals surface area contributed by atoms with Crippen LogP contribution in [0.25, 0.3) is 0 Å². The number of rotatable bonds is 5. The standard InChI is InChI=1S/C14H23N3O3/c1-3-10(4-2)17-13(19)7-11(14(17)20)16-9-5-6-12(18)15-8-9/h9-11,16H,3-8H2,1-2H3,(H,15,18). The van der Waals surface area contributed by atoms with Crippen LogP contribution in [0.15, 0.2) is 0 Å². The van der Waals surface area contributed by atoms with Crippen molar-refractivity contribution in [1.29, 1.82) is 0 Å². The molecule has 2 atom stereocenters. The SMILES string of the molecule is CCC(CC)N1C(=O)CC(NC2CCC(=O)NC2)C1=O. The molecule has 2 aliphatic heterocycles. The molecule has 2 fully saturated rings. The van der Waals surface area contributed by atoms with Gasteiger partial charge in [-0.1, -0.05) is 13.8 Å². The van der Waals surface area contributed by atoms with Gasteiger partial charge >= 0.3 is 0 Å². The molecule has 6 heteroatoms. The summed E-state index contributed by atoms with van der Waals surface area (Å²) in [7, 11) is 0. The zero-order valence-electron chi connectivity index (χ0n) is 12.1. The first-order chi connectivity index (χ1) is 9.56. The lowest BCUT2D eigenvalue weighted by molar-refractivity contribution is -0.141. The maximum atomic E-state index is 12.4. The van der Waals surface area contributed by atoms with Crippen molar-refractivity contribution < 1.29 is 14.4 Å². The lowest BCUT2D eigenvalue weighted by Gasteiger charge is -2.27. The molecule has 0 aromatic heterocycles. The Morgan fingerprint density at radius 3 is 2.55 bits per heavy atom. The average Bonchev–Trinajstić information content (AvgIpc) is 2.71. The summed E-state index contributed by atoms with van der Waals surface area (Å²) in [5, 5.41) is 6.00. The van der Waals surface area contributed by atoms with Gasteiger partial charge in [0.15, 0.2) is 0 Å². The Morgan fingerprint density at radius 1 is 1.30 bits per heavy atom. The molecule has 2 rings (SSSR count). The van der Waals surface area contributed by atoms with E-state index in [1.165, 1.54) is 4.90 Å². The van der Waals surface area contributed by atoms with Crippen LogP contribution >= 0.6 is 0 Å². The van der Waals surface area contributed by atoms with E-state index in [2.05, 4.69) is 10.6 Å². The van der Waals surface area contributed by atoms with Gasteiger partial charge in [-0.3, -0.25) is 19.3 Å². The first kappa shape index (κ1) is 15.0. The molecule has 0 aromatic carbocycles. The van der Waals surface area contributed by atoms with Gasteiger partial charge in [-0.05, 0) is 19.3 Å². The Kier molecular flexibility index (Phi) is 4.75. The zero-order chi connectivity index (χ0) is 14.7. The van der Waals surface area contributed by atoms with Crippen molar-refractivity contribution in [2.75, 3.05) is 6.54 Å². The van der Waals surface area contributed by atoms with Gasteiger partial charge in [0.05, 0.1) is 12.5 Å². The summed E-state index contributed by atoms with van der Waals surface area (Å²) in [6.07, 6.45) is 3.01. The second-order valence-corrected chi connectivity index (χ2v) is 5.54.